The average Bonchev–Trinajstić information content (AvgIpc) is 2.82. The van der Waals surface area contributed by atoms with E-state index < -0.39 is 0 Å². The quantitative estimate of drug-likeness (QED) is 0.889. The second-order valence-corrected chi connectivity index (χ2v) is 5.00. The van der Waals surface area contributed by atoms with Gasteiger partial charge in [-0.1, -0.05) is 6.07 Å². The maximum atomic E-state index is 11.1. The summed E-state index contributed by atoms with van der Waals surface area (Å²) in [4.78, 5) is 16.3. The molecular weight excluding hydrogens is 246 g/mol. The summed E-state index contributed by atoms with van der Waals surface area (Å²) in [6, 6.07) is 5.93. The molecule has 2 N–H and O–H groups in total. The number of hydrogen-bond acceptors (Lipinski definition) is 4. The van der Waals surface area contributed by atoms with Gasteiger partial charge in [0.05, 0.1) is 12.1 Å². The van der Waals surface area contributed by atoms with Gasteiger partial charge in [-0.15, -0.1) is 11.3 Å². The second-order valence-electron chi connectivity index (χ2n) is 4.03. The Hall–Kier alpha value is -1.88. The number of nitrogens with one attached hydrogen (secondary N) is 2. The number of nitrogens with zero attached hydrogens (tertiary/aromatic N) is 1. The molecule has 0 aliphatic carbocycles. The fraction of sp³-hybridized carbons (Fsp3) is 0.231. The van der Waals surface area contributed by atoms with Crippen molar-refractivity contribution in [3.8, 4) is 0 Å². The summed E-state index contributed by atoms with van der Waals surface area (Å²) in [5.41, 5.74) is 4.69. The number of thiazole rings is 1. The predicted octanol–water partition coefficient (Wildman–Crippen LogP) is 3.02. The number of hydrogen-bond donors (Lipinski definition) is 2. The second kappa shape index (κ2) is 5.64. The van der Waals surface area contributed by atoms with E-state index in [1.54, 1.807) is 11.3 Å². The molecule has 0 unspecified atom stereocenters. The summed E-state index contributed by atoms with van der Waals surface area (Å²) < 4.78 is 0. The van der Waals surface area contributed by atoms with Gasteiger partial charge in [0.15, 0.2) is 0 Å². The zero-order valence-corrected chi connectivity index (χ0v) is 11.2. The lowest BCUT2D eigenvalue weighted by atomic mass is 10.1. The Morgan fingerprint density at radius 2 is 2.28 bits per heavy atom. The van der Waals surface area contributed by atoms with Crippen molar-refractivity contribution >= 4 is 28.6 Å². The molecule has 0 aliphatic heterocycles. The van der Waals surface area contributed by atoms with Crippen molar-refractivity contribution in [3.05, 3.63) is 40.3 Å². The van der Waals surface area contributed by atoms with Gasteiger partial charge in [-0.25, -0.2) is 0 Å². The Morgan fingerprint density at radius 1 is 1.44 bits per heavy atom. The van der Waals surface area contributed by atoms with Crippen molar-refractivity contribution in [3.63, 3.8) is 0 Å². The highest BCUT2D eigenvalue weighted by Gasteiger charge is 2.02. The minimum absolute atomic E-state index is 0.0577. The fourth-order valence-electron chi connectivity index (χ4n) is 1.57. The van der Waals surface area contributed by atoms with Crippen LogP contribution >= 0.6 is 11.3 Å². The Morgan fingerprint density at radius 3 is 2.94 bits per heavy atom. The molecule has 1 aromatic carbocycles. The van der Waals surface area contributed by atoms with E-state index in [-0.39, 0.29) is 5.91 Å². The van der Waals surface area contributed by atoms with Crippen LogP contribution in [0.5, 0.6) is 0 Å². The molecule has 0 bridgehead atoms. The Bertz CT molecular complexity index is 537. The minimum atomic E-state index is -0.0577. The van der Waals surface area contributed by atoms with Gasteiger partial charge >= 0.3 is 0 Å². The van der Waals surface area contributed by atoms with E-state index in [0.717, 1.165) is 23.5 Å². The lowest BCUT2D eigenvalue weighted by molar-refractivity contribution is -0.114. The smallest absolute Gasteiger partial charge is 0.221 e. The Labute approximate surface area is 110 Å². The number of aryl methyl sites for hydroxylation is 1. The molecule has 2 rings (SSSR count). The van der Waals surface area contributed by atoms with Crippen molar-refractivity contribution in [2.75, 3.05) is 10.6 Å². The summed E-state index contributed by atoms with van der Waals surface area (Å²) in [6.07, 6.45) is 1.85. The third kappa shape index (κ3) is 3.30. The number of rotatable bonds is 4. The lowest BCUT2D eigenvalue weighted by Gasteiger charge is -2.10. The van der Waals surface area contributed by atoms with Crippen LogP contribution in [0.3, 0.4) is 0 Å². The first-order valence-corrected chi connectivity index (χ1v) is 6.52. The zero-order valence-electron chi connectivity index (χ0n) is 10.4. The fourth-order valence-corrected chi connectivity index (χ4v) is 2.11. The highest BCUT2D eigenvalue weighted by atomic mass is 32.1. The van der Waals surface area contributed by atoms with Crippen LogP contribution in [0.25, 0.3) is 0 Å². The third-order valence-electron chi connectivity index (χ3n) is 2.50. The van der Waals surface area contributed by atoms with E-state index in [0.29, 0.717) is 0 Å². The molecule has 0 fully saturated rings. The molecule has 5 heteroatoms. The topological polar surface area (TPSA) is 54.0 Å². The summed E-state index contributed by atoms with van der Waals surface area (Å²) >= 11 is 1.62. The van der Waals surface area contributed by atoms with Crippen LogP contribution in [0.4, 0.5) is 11.4 Å². The predicted molar refractivity (Wildman–Crippen MR) is 74.9 cm³/mol. The Kier molecular flexibility index (Phi) is 3.94. The molecule has 0 saturated heterocycles. The molecule has 18 heavy (non-hydrogen) atoms. The molecular formula is C13H15N3OS. The van der Waals surface area contributed by atoms with Crippen molar-refractivity contribution in [1.29, 1.82) is 0 Å². The number of aromatic nitrogens is 1. The van der Waals surface area contributed by atoms with E-state index >= 15 is 0 Å². The van der Waals surface area contributed by atoms with Crippen LogP contribution in [0.1, 0.15) is 17.4 Å². The molecule has 0 aliphatic rings. The van der Waals surface area contributed by atoms with Crippen molar-refractivity contribution in [2.45, 2.75) is 20.4 Å². The van der Waals surface area contributed by atoms with Gasteiger partial charge in [0, 0.05) is 29.4 Å². The number of carbonyl (C=O) groups excluding carboxylic acids is 1. The standard InChI is InChI=1S/C13H15N3OS/c1-9-3-4-11(5-13(9)16-10(2)17)15-7-12-6-14-8-18-12/h3-6,8,15H,7H2,1-2H3,(H,16,17). The lowest BCUT2D eigenvalue weighted by Crippen LogP contribution is -2.08. The van der Waals surface area contributed by atoms with Gasteiger partial charge in [-0.3, -0.25) is 9.78 Å². The first-order chi connectivity index (χ1) is 8.65. The van der Waals surface area contributed by atoms with Gasteiger partial charge in [-0.2, -0.15) is 0 Å². The van der Waals surface area contributed by atoms with Crippen LogP contribution in [-0.2, 0) is 11.3 Å². The van der Waals surface area contributed by atoms with Crippen LogP contribution in [0.2, 0.25) is 0 Å². The number of anilines is 2. The first kappa shape index (κ1) is 12.6. The van der Waals surface area contributed by atoms with E-state index in [1.807, 2.05) is 36.8 Å². The largest absolute Gasteiger partial charge is 0.380 e. The third-order valence-corrected chi connectivity index (χ3v) is 3.28. The molecule has 4 nitrogen and oxygen atoms in total. The van der Waals surface area contributed by atoms with Gasteiger partial charge in [-0.05, 0) is 24.6 Å². The summed E-state index contributed by atoms with van der Waals surface area (Å²) in [5, 5.41) is 6.12. The first-order valence-electron chi connectivity index (χ1n) is 5.64. The number of amides is 1. The van der Waals surface area contributed by atoms with Gasteiger partial charge in [0.1, 0.15) is 0 Å². The maximum absolute atomic E-state index is 11.1. The summed E-state index contributed by atoms with van der Waals surface area (Å²) in [5.74, 6) is -0.0577. The molecule has 0 spiro atoms. The minimum Gasteiger partial charge on any atom is -0.380 e. The van der Waals surface area contributed by atoms with E-state index in [9.17, 15) is 4.79 Å². The maximum Gasteiger partial charge on any atom is 0.221 e. The Balaban J connectivity index is 2.06. The molecule has 2 aromatic rings. The molecule has 94 valence electrons. The molecule has 1 amide bonds. The highest BCUT2D eigenvalue weighted by Crippen LogP contribution is 2.21. The van der Waals surface area contributed by atoms with Crippen molar-refractivity contribution < 1.29 is 4.79 Å². The van der Waals surface area contributed by atoms with Crippen LogP contribution < -0.4 is 10.6 Å². The number of carbonyl (C=O) groups is 1. The molecule has 1 aromatic heterocycles. The van der Waals surface area contributed by atoms with Gasteiger partial charge in [0.2, 0.25) is 5.91 Å². The van der Waals surface area contributed by atoms with Gasteiger partial charge < -0.3 is 10.6 Å². The monoisotopic (exact) mass is 261 g/mol. The van der Waals surface area contributed by atoms with Crippen LogP contribution in [-0.4, -0.2) is 10.9 Å². The van der Waals surface area contributed by atoms with E-state index in [2.05, 4.69) is 15.6 Å². The normalized spacial score (nSPS) is 10.1. The van der Waals surface area contributed by atoms with Crippen LogP contribution in [0, 0.1) is 6.92 Å². The summed E-state index contributed by atoms with van der Waals surface area (Å²) in [7, 11) is 0. The molecule has 0 radical (unpaired) electrons. The van der Waals surface area contributed by atoms with E-state index in [1.165, 1.54) is 11.8 Å². The van der Waals surface area contributed by atoms with Crippen LogP contribution in [0.15, 0.2) is 29.9 Å². The SMILES string of the molecule is CC(=O)Nc1cc(NCc2cncs2)ccc1C. The number of benzene rings is 1. The van der Waals surface area contributed by atoms with Crippen molar-refractivity contribution in [2.24, 2.45) is 0 Å². The molecule has 1 heterocycles. The average molecular weight is 261 g/mol. The highest BCUT2D eigenvalue weighted by molar-refractivity contribution is 7.09. The van der Waals surface area contributed by atoms with Crippen molar-refractivity contribution in [1.82, 2.24) is 4.98 Å². The molecule has 0 atom stereocenters. The van der Waals surface area contributed by atoms with Gasteiger partial charge in [0.25, 0.3) is 0 Å². The molecule has 0 saturated carbocycles. The van der Waals surface area contributed by atoms with E-state index in [4.69, 9.17) is 0 Å². The summed E-state index contributed by atoms with van der Waals surface area (Å²) in [6.45, 7) is 4.22. The zero-order chi connectivity index (χ0) is 13.0.